The molecule has 4 rings (SSSR count). The molecule has 1 aliphatic rings. The minimum Gasteiger partial charge on any atom is -0.398 e. The lowest BCUT2D eigenvalue weighted by molar-refractivity contribution is -0.245. The SMILES string of the molecule is Cc1noc(=O)c2ccc(C(=O)C(O)(CC3(c4ccc(F)cc4Cl)CCC3)C(F)(F)F)c(N)c12. The van der Waals surface area contributed by atoms with Crippen molar-refractivity contribution < 1.29 is 32.0 Å². The van der Waals surface area contributed by atoms with Crippen LogP contribution in [0.3, 0.4) is 0 Å². The van der Waals surface area contributed by atoms with E-state index in [9.17, 15) is 32.3 Å². The molecule has 2 aromatic carbocycles. The molecular weight excluding hydrogens is 480 g/mol. The maximum Gasteiger partial charge on any atom is 0.424 e. The Morgan fingerprint density at radius 1 is 1.26 bits per heavy atom. The Morgan fingerprint density at radius 3 is 2.50 bits per heavy atom. The number of nitrogen functional groups attached to an aromatic ring is 1. The van der Waals surface area contributed by atoms with E-state index < -0.39 is 52.1 Å². The summed E-state index contributed by atoms with van der Waals surface area (Å²) in [6, 6.07) is 5.38. The molecule has 1 heterocycles. The number of halogens is 5. The van der Waals surface area contributed by atoms with Crippen molar-refractivity contribution in [2.45, 2.75) is 49.8 Å². The van der Waals surface area contributed by atoms with Crippen LogP contribution in [0.5, 0.6) is 0 Å². The van der Waals surface area contributed by atoms with Crippen LogP contribution >= 0.6 is 11.6 Å². The van der Waals surface area contributed by atoms with Gasteiger partial charge in [-0.25, -0.2) is 9.18 Å². The topological polar surface area (TPSA) is 106 Å². The third kappa shape index (κ3) is 3.65. The van der Waals surface area contributed by atoms with E-state index in [1.54, 1.807) is 0 Å². The van der Waals surface area contributed by atoms with E-state index in [1.165, 1.54) is 13.0 Å². The predicted octanol–water partition coefficient (Wildman–Crippen LogP) is 4.86. The quantitative estimate of drug-likeness (QED) is 0.295. The summed E-state index contributed by atoms with van der Waals surface area (Å²) < 4.78 is 61.1. The molecule has 3 N–H and O–H groups in total. The number of carbonyl (C=O) groups is 1. The predicted molar refractivity (Wildman–Crippen MR) is 116 cm³/mol. The minimum absolute atomic E-state index is 0.0356. The van der Waals surface area contributed by atoms with Crippen LogP contribution in [0.15, 0.2) is 39.6 Å². The van der Waals surface area contributed by atoms with Gasteiger partial charge < -0.3 is 15.4 Å². The molecule has 1 aromatic heterocycles. The van der Waals surface area contributed by atoms with Crippen LogP contribution in [0.4, 0.5) is 23.2 Å². The number of aryl methyl sites for hydroxylation is 1. The Balaban J connectivity index is 1.85. The normalized spacial score (nSPS) is 17.3. The molecule has 0 amide bonds. The standard InChI is InChI=1S/C23H19ClF4N2O4/c1-11-17-13(20(32)34-30-11)4-5-14(18(17)29)19(31)22(33,23(26,27)28)10-21(7-2-8-21)15-6-3-12(25)9-16(15)24/h3-6,9,33H,2,7-8,10,29H2,1H3. The van der Waals surface area contributed by atoms with E-state index in [-0.39, 0.29) is 39.9 Å². The number of anilines is 1. The van der Waals surface area contributed by atoms with Crippen molar-refractivity contribution in [2.75, 3.05) is 5.73 Å². The van der Waals surface area contributed by atoms with Gasteiger partial charge in [0.25, 0.3) is 0 Å². The molecule has 180 valence electrons. The molecule has 34 heavy (non-hydrogen) atoms. The van der Waals surface area contributed by atoms with Crippen LogP contribution in [0.2, 0.25) is 5.02 Å². The Labute approximate surface area is 195 Å². The molecule has 1 unspecified atom stereocenters. The van der Waals surface area contributed by atoms with Crippen molar-refractivity contribution in [2.24, 2.45) is 0 Å². The number of benzene rings is 2. The number of alkyl halides is 3. The fourth-order valence-corrected chi connectivity index (χ4v) is 5.04. The number of ketones is 1. The van der Waals surface area contributed by atoms with E-state index in [0.717, 1.165) is 24.3 Å². The van der Waals surface area contributed by atoms with Gasteiger partial charge in [0.15, 0.2) is 0 Å². The lowest BCUT2D eigenvalue weighted by Gasteiger charge is -2.47. The van der Waals surface area contributed by atoms with Gasteiger partial charge in [0.1, 0.15) is 5.82 Å². The van der Waals surface area contributed by atoms with Gasteiger partial charge in [0.05, 0.1) is 16.8 Å². The maximum absolute atomic E-state index is 14.3. The average Bonchev–Trinajstić information content (AvgIpc) is 2.72. The van der Waals surface area contributed by atoms with Crippen molar-refractivity contribution in [1.29, 1.82) is 0 Å². The number of aromatic nitrogens is 1. The largest absolute Gasteiger partial charge is 0.424 e. The van der Waals surface area contributed by atoms with Crippen LogP contribution in [-0.2, 0) is 5.41 Å². The van der Waals surface area contributed by atoms with Crippen molar-refractivity contribution in [3.05, 3.63) is 68.4 Å². The van der Waals surface area contributed by atoms with Crippen LogP contribution in [0.1, 0.15) is 47.3 Å². The number of rotatable bonds is 5. The highest BCUT2D eigenvalue weighted by molar-refractivity contribution is 6.31. The Morgan fingerprint density at radius 2 is 1.94 bits per heavy atom. The molecule has 1 saturated carbocycles. The van der Waals surface area contributed by atoms with Crippen LogP contribution in [-0.4, -0.2) is 27.8 Å². The number of nitrogens with two attached hydrogens (primary N) is 1. The number of carbonyl (C=O) groups excluding carboxylic acids is 1. The van der Waals surface area contributed by atoms with Gasteiger partial charge in [-0.05, 0) is 49.6 Å². The van der Waals surface area contributed by atoms with E-state index in [4.69, 9.17) is 17.3 Å². The number of aliphatic hydroxyl groups is 1. The van der Waals surface area contributed by atoms with E-state index in [1.807, 2.05) is 0 Å². The molecule has 0 aliphatic heterocycles. The zero-order valence-electron chi connectivity index (χ0n) is 17.8. The zero-order valence-corrected chi connectivity index (χ0v) is 18.6. The summed E-state index contributed by atoms with van der Waals surface area (Å²) in [7, 11) is 0. The molecule has 1 fully saturated rings. The van der Waals surface area contributed by atoms with Crippen molar-refractivity contribution >= 4 is 33.8 Å². The summed E-state index contributed by atoms with van der Waals surface area (Å²) in [5.41, 5.74) is -0.713. The Bertz CT molecular complexity index is 1370. The molecule has 1 aliphatic carbocycles. The smallest absolute Gasteiger partial charge is 0.398 e. The fourth-order valence-electron chi connectivity index (χ4n) is 4.67. The molecule has 0 bridgehead atoms. The molecule has 0 radical (unpaired) electrons. The fraction of sp³-hybridized carbons (Fsp3) is 0.348. The first kappa shape index (κ1) is 24.2. The number of Topliss-reactive ketones (excluding diaryl/α,β-unsaturated/α-hetero) is 1. The second-order valence-corrected chi connectivity index (χ2v) is 9.03. The van der Waals surface area contributed by atoms with Gasteiger partial charge in [-0.2, -0.15) is 13.2 Å². The average molecular weight is 499 g/mol. The summed E-state index contributed by atoms with van der Waals surface area (Å²) in [6.07, 6.45) is -5.44. The van der Waals surface area contributed by atoms with Gasteiger partial charge in [-0.3, -0.25) is 4.79 Å². The molecule has 6 nitrogen and oxygen atoms in total. The second kappa shape index (κ2) is 8.06. The summed E-state index contributed by atoms with van der Waals surface area (Å²) in [4.78, 5) is 25.2. The molecule has 0 spiro atoms. The van der Waals surface area contributed by atoms with Gasteiger partial charge in [0.2, 0.25) is 11.4 Å². The number of hydrogen-bond acceptors (Lipinski definition) is 6. The van der Waals surface area contributed by atoms with E-state index >= 15 is 0 Å². The monoisotopic (exact) mass is 498 g/mol. The van der Waals surface area contributed by atoms with E-state index in [0.29, 0.717) is 6.42 Å². The first-order valence-corrected chi connectivity index (χ1v) is 10.7. The highest BCUT2D eigenvalue weighted by Gasteiger charge is 2.63. The van der Waals surface area contributed by atoms with Crippen LogP contribution in [0.25, 0.3) is 10.8 Å². The zero-order chi connectivity index (χ0) is 25.1. The first-order chi connectivity index (χ1) is 15.8. The summed E-state index contributed by atoms with van der Waals surface area (Å²) >= 11 is 6.14. The molecule has 11 heteroatoms. The first-order valence-electron chi connectivity index (χ1n) is 10.3. The van der Waals surface area contributed by atoms with Crippen LogP contribution in [0, 0.1) is 12.7 Å². The summed E-state index contributed by atoms with van der Waals surface area (Å²) in [5, 5.41) is 14.3. The second-order valence-electron chi connectivity index (χ2n) is 8.63. The Hall–Kier alpha value is -2.98. The minimum atomic E-state index is -5.37. The lowest BCUT2D eigenvalue weighted by Crippen LogP contribution is -2.57. The number of hydrogen-bond donors (Lipinski definition) is 2. The summed E-state index contributed by atoms with van der Waals surface area (Å²) in [5.74, 6) is -2.33. The van der Waals surface area contributed by atoms with Gasteiger partial charge >= 0.3 is 11.8 Å². The molecule has 1 atom stereocenters. The van der Waals surface area contributed by atoms with Crippen molar-refractivity contribution in [3.8, 4) is 0 Å². The lowest BCUT2D eigenvalue weighted by atomic mass is 9.58. The maximum atomic E-state index is 14.3. The van der Waals surface area contributed by atoms with Crippen LogP contribution < -0.4 is 11.4 Å². The summed E-state index contributed by atoms with van der Waals surface area (Å²) in [6.45, 7) is 1.41. The van der Waals surface area contributed by atoms with Gasteiger partial charge in [-0.1, -0.05) is 29.2 Å². The molecule has 3 aromatic rings. The van der Waals surface area contributed by atoms with Crippen molar-refractivity contribution in [1.82, 2.24) is 5.16 Å². The van der Waals surface area contributed by atoms with Crippen molar-refractivity contribution in [3.63, 3.8) is 0 Å². The highest BCUT2D eigenvalue weighted by atomic mass is 35.5. The number of fused-ring (bicyclic) bond motifs is 1. The molecular formula is C23H19ClF4N2O4. The molecule has 0 saturated heterocycles. The van der Waals surface area contributed by atoms with Gasteiger partial charge in [-0.15, -0.1) is 0 Å². The third-order valence-electron chi connectivity index (χ3n) is 6.59. The van der Waals surface area contributed by atoms with E-state index in [2.05, 4.69) is 9.68 Å². The Kier molecular flexibility index (Phi) is 5.72. The van der Waals surface area contributed by atoms with Gasteiger partial charge in [0, 0.05) is 27.8 Å². The number of nitrogens with zero attached hydrogens (tertiary/aromatic N) is 1. The highest BCUT2D eigenvalue weighted by Crippen LogP contribution is 2.54. The third-order valence-corrected chi connectivity index (χ3v) is 6.90.